The van der Waals surface area contributed by atoms with Gasteiger partial charge in [-0.3, -0.25) is 14.2 Å². The van der Waals surface area contributed by atoms with Crippen LogP contribution in [-0.4, -0.2) is 65.5 Å². The predicted octanol–water partition coefficient (Wildman–Crippen LogP) is 6.34. The number of aromatic amines is 1. The van der Waals surface area contributed by atoms with Crippen molar-refractivity contribution in [3.8, 4) is 5.75 Å². The molecule has 2 aliphatic heterocycles. The number of H-pyrrole nitrogens is 1. The van der Waals surface area contributed by atoms with E-state index in [1.54, 1.807) is 0 Å². The third-order valence-corrected chi connectivity index (χ3v) is 7.49. The van der Waals surface area contributed by atoms with Gasteiger partial charge in [-0.05, 0) is 58.2 Å². The van der Waals surface area contributed by atoms with E-state index < -0.39 is 23.3 Å². The summed E-state index contributed by atoms with van der Waals surface area (Å²) in [5.74, 6) is -1.27. The van der Waals surface area contributed by atoms with E-state index in [0.29, 0.717) is 31.6 Å². The van der Waals surface area contributed by atoms with E-state index in [1.807, 2.05) is 36.1 Å². The Hall–Kier alpha value is -2.58. The van der Waals surface area contributed by atoms with Crippen molar-refractivity contribution in [2.24, 2.45) is 0 Å². The Morgan fingerprint density at radius 1 is 1.08 bits per heavy atom. The Labute approximate surface area is 215 Å². The fraction of sp³-hybridized carbons (Fsp3) is 0.517. The highest BCUT2D eigenvalue weighted by Gasteiger charge is 2.41. The summed E-state index contributed by atoms with van der Waals surface area (Å²) in [6.07, 6.45) is 1.81. The normalized spacial score (nSPS) is 21.3. The molecule has 1 aromatic heterocycles. The van der Waals surface area contributed by atoms with Crippen LogP contribution in [0.15, 0.2) is 36.4 Å². The standard InChI is InChI=1S/C29H35F4N3O/c1-18-12-22-21-8-4-5-9-25(21)34-27(22)28(36(18)17-29(2,3)33)26-23(31)13-19(14-24(26)32)37-20-15-35(16-20)11-7-6-10-30/h4-5,8-9,13-14,18,20,28,34H,6-7,10-12,15-17H2,1-3H3/t18-,28-/m1/s1. The van der Waals surface area contributed by atoms with Crippen molar-refractivity contribution in [3.63, 3.8) is 0 Å². The van der Waals surface area contributed by atoms with Crippen molar-refractivity contribution in [2.45, 2.75) is 63.9 Å². The van der Waals surface area contributed by atoms with Gasteiger partial charge in [0.15, 0.2) is 0 Å². The number of ether oxygens (including phenoxy) is 1. The largest absolute Gasteiger partial charge is 0.488 e. The van der Waals surface area contributed by atoms with Gasteiger partial charge in [-0.25, -0.2) is 13.2 Å². The number of rotatable bonds is 9. The molecule has 0 spiro atoms. The molecule has 2 aliphatic rings. The molecule has 2 atom stereocenters. The molecule has 1 saturated heterocycles. The number of benzene rings is 2. The van der Waals surface area contributed by atoms with Crippen LogP contribution >= 0.6 is 0 Å². The maximum absolute atomic E-state index is 15.7. The molecule has 0 bridgehead atoms. The van der Waals surface area contributed by atoms with Gasteiger partial charge in [0.05, 0.1) is 12.7 Å². The first-order valence-corrected chi connectivity index (χ1v) is 13.1. The second kappa shape index (κ2) is 10.3. The van der Waals surface area contributed by atoms with Crippen LogP contribution in [0, 0.1) is 11.6 Å². The summed E-state index contributed by atoms with van der Waals surface area (Å²) in [6, 6.07) is 9.37. The number of para-hydroxylation sites is 1. The molecule has 4 nitrogen and oxygen atoms in total. The minimum absolute atomic E-state index is 0.0328. The van der Waals surface area contributed by atoms with Crippen molar-refractivity contribution in [2.75, 3.05) is 32.9 Å². The van der Waals surface area contributed by atoms with Crippen molar-refractivity contribution in [3.05, 3.63) is 64.9 Å². The SMILES string of the molecule is C[C@@H]1Cc2c([nH]c3ccccc23)[C@@H](c2c(F)cc(OC3CN(CCCCF)C3)cc2F)N1CC(C)(C)F. The molecular formula is C29H35F4N3O. The maximum Gasteiger partial charge on any atom is 0.135 e. The maximum atomic E-state index is 15.7. The van der Waals surface area contributed by atoms with E-state index in [0.717, 1.165) is 29.4 Å². The Bertz CT molecular complexity index is 1220. The van der Waals surface area contributed by atoms with Gasteiger partial charge in [-0.1, -0.05) is 18.2 Å². The zero-order valence-electron chi connectivity index (χ0n) is 21.7. The first kappa shape index (κ1) is 26.0. The molecule has 200 valence electrons. The summed E-state index contributed by atoms with van der Waals surface area (Å²) < 4.78 is 64.5. The number of fused-ring (bicyclic) bond motifs is 3. The number of hydrogen-bond donors (Lipinski definition) is 1. The lowest BCUT2D eigenvalue weighted by Gasteiger charge is -2.43. The van der Waals surface area contributed by atoms with Gasteiger partial charge >= 0.3 is 0 Å². The molecule has 8 heteroatoms. The lowest BCUT2D eigenvalue weighted by atomic mass is 9.87. The van der Waals surface area contributed by atoms with E-state index >= 15 is 8.78 Å². The molecule has 37 heavy (non-hydrogen) atoms. The molecule has 0 amide bonds. The number of likely N-dealkylation sites (tertiary alicyclic amines) is 1. The Kier molecular flexibility index (Phi) is 7.24. The Morgan fingerprint density at radius 3 is 2.46 bits per heavy atom. The number of aromatic nitrogens is 1. The molecule has 1 N–H and O–H groups in total. The lowest BCUT2D eigenvalue weighted by Crippen LogP contribution is -2.53. The van der Waals surface area contributed by atoms with Gasteiger partial charge in [-0.2, -0.15) is 0 Å². The smallest absolute Gasteiger partial charge is 0.135 e. The molecule has 5 rings (SSSR count). The number of unbranched alkanes of at least 4 members (excludes halogenated alkanes) is 1. The van der Waals surface area contributed by atoms with Crippen molar-refractivity contribution in [1.82, 2.24) is 14.8 Å². The van der Waals surface area contributed by atoms with Gasteiger partial charge in [0.1, 0.15) is 29.2 Å². The van der Waals surface area contributed by atoms with E-state index in [1.165, 1.54) is 26.0 Å². The number of hydrogen-bond acceptors (Lipinski definition) is 3. The van der Waals surface area contributed by atoms with Crippen LogP contribution in [-0.2, 0) is 6.42 Å². The summed E-state index contributed by atoms with van der Waals surface area (Å²) in [4.78, 5) is 7.39. The van der Waals surface area contributed by atoms with Gasteiger partial charge in [0, 0.05) is 60.0 Å². The van der Waals surface area contributed by atoms with Crippen LogP contribution in [0.5, 0.6) is 5.75 Å². The predicted molar refractivity (Wildman–Crippen MR) is 138 cm³/mol. The minimum atomic E-state index is -1.55. The minimum Gasteiger partial charge on any atom is -0.488 e. The summed E-state index contributed by atoms with van der Waals surface area (Å²) in [5.41, 5.74) is 0.970. The summed E-state index contributed by atoms with van der Waals surface area (Å²) in [6.45, 7) is 6.75. The molecule has 0 aliphatic carbocycles. The van der Waals surface area contributed by atoms with Gasteiger partial charge < -0.3 is 9.72 Å². The topological polar surface area (TPSA) is 31.5 Å². The second-order valence-corrected chi connectivity index (χ2v) is 11.1. The fourth-order valence-electron chi connectivity index (χ4n) is 5.79. The van der Waals surface area contributed by atoms with E-state index in [4.69, 9.17) is 4.74 Å². The lowest BCUT2D eigenvalue weighted by molar-refractivity contribution is 0.0184. The summed E-state index contributed by atoms with van der Waals surface area (Å²) in [7, 11) is 0. The highest BCUT2D eigenvalue weighted by Crippen LogP contribution is 2.43. The fourth-order valence-corrected chi connectivity index (χ4v) is 5.79. The molecule has 0 radical (unpaired) electrons. The van der Waals surface area contributed by atoms with Gasteiger partial charge in [0.25, 0.3) is 0 Å². The van der Waals surface area contributed by atoms with E-state index in [-0.39, 0.29) is 36.7 Å². The van der Waals surface area contributed by atoms with Crippen molar-refractivity contribution < 1.29 is 22.3 Å². The first-order valence-electron chi connectivity index (χ1n) is 13.1. The highest BCUT2D eigenvalue weighted by molar-refractivity contribution is 5.85. The van der Waals surface area contributed by atoms with E-state index in [9.17, 15) is 8.78 Å². The van der Waals surface area contributed by atoms with E-state index in [2.05, 4.69) is 9.88 Å². The van der Waals surface area contributed by atoms with Gasteiger partial charge in [-0.15, -0.1) is 0 Å². The molecule has 3 heterocycles. The van der Waals surface area contributed by atoms with Crippen LogP contribution in [0.25, 0.3) is 10.9 Å². The quantitative estimate of drug-likeness (QED) is 0.265. The van der Waals surface area contributed by atoms with Crippen LogP contribution in [0.4, 0.5) is 17.6 Å². The number of nitrogens with one attached hydrogen (secondary N) is 1. The molecular weight excluding hydrogens is 482 g/mol. The molecule has 0 unspecified atom stereocenters. The zero-order chi connectivity index (χ0) is 26.3. The number of alkyl halides is 2. The average molecular weight is 518 g/mol. The van der Waals surface area contributed by atoms with Crippen molar-refractivity contribution in [1.29, 1.82) is 0 Å². The first-order chi connectivity index (χ1) is 17.6. The monoisotopic (exact) mass is 517 g/mol. The zero-order valence-corrected chi connectivity index (χ0v) is 21.7. The molecule has 1 fully saturated rings. The second-order valence-electron chi connectivity index (χ2n) is 11.1. The highest BCUT2D eigenvalue weighted by atomic mass is 19.1. The number of halogens is 4. The third kappa shape index (κ3) is 5.36. The van der Waals surface area contributed by atoms with Gasteiger partial charge in [0.2, 0.25) is 0 Å². The Morgan fingerprint density at radius 2 is 1.78 bits per heavy atom. The molecule has 0 saturated carbocycles. The van der Waals surface area contributed by atoms with Crippen LogP contribution in [0.1, 0.15) is 56.5 Å². The summed E-state index contributed by atoms with van der Waals surface area (Å²) >= 11 is 0. The third-order valence-electron chi connectivity index (χ3n) is 7.49. The van der Waals surface area contributed by atoms with Crippen LogP contribution in [0.3, 0.4) is 0 Å². The van der Waals surface area contributed by atoms with Crippen LogP contribution < -0.4 is 4.74 Å². The molecule has 3 aromatic rings. The molecule has 2 aromatic carbocycles. The van der Waals surface area contributed by atoms with Crippen LogP contribution in [0.2, 0.25) is 0 Å². The number of nitrogens with zero attached hydrogens (tertiary/aromatic N) is 2. The summed E-state index contributed by atoms with van der Waals surface area (Å²) in [5, 5.41) is 1.02. The van der Waals surface area contributed by atoms with Crippen molar-refractivity contribution >= 4 is 10.9 Å². The Balaban J connectivity index is 1.45. The average Bonchev–Trinajstić information content (AvgIpc) is 3.16.